The number of benzene rings is 1. The Morgan fingerprint density at radius 1 is 1.31 bits per heavy atom. The number of anilines is 2. The van der Waals surface area contributed by atoms with Gasteiger partial charge in [0.05, 0.1) is 31.1 Å². The Morgan fingerprint density at radius 2 is 2.10 bits per heavy atom. The first kappa shape index (κ1) is 19.9. The van der Waals surface area contributed by atoms with Crippen LogP contribution >= 0.6 is 35.2 Å². The van der Waals surface area contributed by atoms with Crippen LogP contribution in [0.25, 0.3) is 0 Å². The molecule has 29 heavy (non-hydrogen) atoms. The molecule has 3 aromatic rings. The molecule has 2 N–H and O–H groups in total. The van der Waals surface area contributed by atoms with Crippen molar-refractivity contribution in [2.45, 2.75) is 25.8 Å². The molecule has 2 heterocycles. The van der Waals surface area contributed by atoms with Gasteiger partial charge >= 0.3 is 5.97 Å². The lowest BCUT2D eigenvalue weighted by molar-refractivity contribution is 0.0601. The fourth-order valence-electron chi connectivity index (χ4n) is 3.37. The summed E-state index contributed by atoms with van der Waals surface area (Å²) in [4.78, 5) is 13.5. The highest BCUT2D eigenvalue weighted by Crippen LogP contribution is 2.39. The van der Waals surface area contributed by atoms with Crippen molar-refractivity contribution < 1.29 is 9.53 Å². The van der Waals surface area contributed by atoms with Gasteiger partial charge in [0.15, 0.2) is 5.11 Å². The third-order valence-corrected chi connectivity index (χ3v) is 6.35. The van der Waals surface area contributed by atoms with Crippen LogP contribution in [0.3, 0.4) is 0 Å². The Kier molecular flexibility index (Phi) is 5.84. The smallest absolute Gasteiger partial charge is 0.341 e. The van der Waals surface area contributed by atoms with Gasteiger partial charge in [-0.2, -0.15) is 5.10 Å². The SMILES string of the molecule is COC(=O)c1c(NC(=S)Nc2cnn(Cc3ccc(Cl)cc3)c2)sc2c1CCC2. The molecule has 0 unspecified atom stereocenters. The van der Waals surface area contributed by atoms with Crippen molar-refractivity contribution in [2.24, 2.45) is 0 Å². The average Bonchev–Trinajstić information content (AvgIpc) is 3.39. The van der Waals surface area contributed by atoms with Crippen molar-refractivity contribution in [3.05, 3.63) is 63.2 Å². The number of hydrogen-bond donors (Lipinski definition) is 2. The summed E-state index contributed by atoms with van der Waals surface area (Å²) in [6.07, 6.45) is 6.54. The summed E-state index contributed by atoms with van der Waals surface area (Å²) < 4.78 is 6.78. The van der Waals surface area contributed by atoms with Crippen LogP contribution in [0, 0.1) is 0 Å². The molecule has 6 nitrogen and oxygen atoms in total. The number of thiocarbonyl (C=S) groups is 1. The van der Waals surface area contributed by atoms with Crippen LogP contribution < -0.4 is 10.6 Å². The molecule has 0 bridgehead atoms. The van der Waals surface area contributed by atoms with Crippen LogP contribution in [0.2, 0.25) is 5.02 Å². The molecule has 0 saturated heterocycles. The molecule has 1 aromatic carbocycles. The first-order valence-corrected chi connectivity index (χ1v) is 10.7. The molecule has 0 aliphatic heterocycles. The Morgan fingerprint density at radius 3 is 2.86 bits per heavy atom. The highest BCUT2D eigenvalue weighted by molar-refractivity contribution is 7.80. The van der Waals surface area contributed by atoms with Crippen LogP contribution in [0.1, 0.15) is 32.8 Å². The molecular weight excluding hydrogens is 428 g/mol. The Balaban J connectivity index is 1.42. The number of hydrogen-bond acceptors (Lipinski definition) is 5. The molecule has 0 amide bonds. The van der Waals surface area contributed by atoms with Gasteiger partial charge in [0.1, 0.15) is 5.00 Å². The second-order valence-electron chi connectivity index (χ2n) is 6.69. The number of halogens is 1. The predicted molar refractivity (Wildman–Crippen MR) is 120 cm³/mol. The molecule has 1 aliphatic rings. The number of rotatable bonds is 5. The Hall–Kier alpha value is -2.42. The average molecular weight is 447 g/mol. The van der Waals surface area contributed by atoms with Gasteiger partial charge in [-0.1, -0.05) is 23.7 Å². The van der Waals surface area contributed by atoms with Crippen LogP contribution in [-0.4, -0.2) is 28.0 Å². The molecule has 4 rings (SSSR count). The van der Waals surface area contributed by atoms with E-state index in [9.17, 15) is 4.79 Å². The second kappa shape index (κ2) is 8.52. The molecule has 0 radical (unpaired) electrons. The molecule has 2 aromatic heterocycles. The largest absolute Gasteiger partial charge is 0.465 e. The maximum Gasteiger partial charge on any atom is 0.341 e. The number of nitrogens with zero attached hydrogens (tertiary/aromatic N) is 2. The Bertz CT molecular complexity index is 1060. The minimum atomic E-state index is -0.328. The molecule has 0 saturated carbocycles. The van der Waals surface area contributed by atoms with Gasteiger partial charge in [-0.05, 0) is 54.7 Å². The number of esters is 1. The molecule has 0 spiro atoms. The lowest BCUT2D eigenvalue weighted by atomic mass is 10.1. The standard InChI is InChI=1S/C20H19ClN4O2S2/c1-27-19(26)17-15-3-2-4-16(15)29-18(17)24-20(28)23-14-9-22-25(11-14)10-12-5-7-13(21)8-6-12/h5-9,11H,2-4,10H2,1H3,(H2,23,24,28). The number of carbonyl (C=O) groups is 1. The first-order valence-electron chi connectivity index (χ1n) is 9.11. The van der Waals surface area contributed by atoms with Crippen molar-refractivity contribution in [2.75, 3.05) is 17.7 Å². The van der Waals surface area contributed by atoms with E-state index in [0.717, 1.165) is 41.1 Å². The summed E-state index contributed by atoms with van der Waals surface area (Å²) >= 11 is 12.9. The third-order valence-electron chi connectivity index (χ3n) is 4.69. The van der Waals surface area contributed by atoms with Crippen LogP contribution in [-0.2, 0) is 24.1 Å². The van der Waals surface area contributed by atoms with E-state index in [1.807, 2.05) is 35.1 Å². The van der Waals surface area contributed by atoms with E-state index in [1.165, 1.54) is 12.0 Å². The Labute approximate surface area is 182 Å². The number of fused-ring (bicyclic) bond motifs is 1. The van der Waals surface area contributed by atoms with Gasteiger partial charge in [-0.25, -0.2) is 4.79 Å². The minimum absolute atomic E-state index is 0.328. The van der Waals surface area contributed by atoms with Crippen molar-refractivity contribution >= 4 is 56.9 Å². The van der Waals surface area contributed by atoms with Gasteiger partial charge in [0.2, 0.25) is 0 Å². The number of aromatic nitrogens is 2. The number of thiophene rings is 1. The zero-order valence-corrected chi connectivity index (χ0v) is 18.1. The van der Waals surface area contributed by atoms with Crippen LogP contribution in [0.15, 0.2) is 36.7 Å². The van der Waals surface area contributed by atoms with E-state index in [2.05, 4.69) is 15.7 Å². The number of nitrogens with one attached hydrogen (secondary N) is 2. The van der Waals surface area contributed by atoms with E-state index in [1.54, 1.807) is 17.5 Å². The number of aryl methyl sites for hydroxylation is 1. The van der Waals surface area contributed by atoms with Gasteiger partial charge in [-0.15, -0.1) is 11.3 Å². The molecular formula is C20H19ClN4O2S2. The number of ether oxygens (including phenoxy) is 1. The van der Waals surface area contributed by atoms with E-state index < -0.39 is 0 Å². The maximum atomic E-state index is 12.3. The van der Waals surface area contributed by atoms with Crippen molar-refractivity contribution in [3.8, 4) is 0 Å². The van der Waals surface area contributed by atoms with Crippen molar-refractivity contribution in [3.63, 3.8) is 0 Å². The zero-order valence-electron chi connectivity index (χ0n) is 15.7. The summed E-state index contributed by atoms with van der Waals surface area (Å²) in [6, 6.07) is 7.65. The summed E-state index contributed by atoms with van der Waals surface area (Å²) in [6.45, 7) is 0.628. The van der Waals surface area contributed by atoms with Crippen molar-refractivity contribution in [1.82, 2.24) is 9.78 Å². The van der Waals surface area contributed by atoms with E-state index in [4.69, 9.17) is 28.6 Å². The highest BCUT2D eigenvalue weighted by atomic mass is 35.5. The van der Waals surface area contributed by atoms with Gasteiger partial charge in [0.25, 0.3) is 0 Å². The molecule has 150 valence electrons. The van der Waals surface area contributed by atoms with Crippen molar-refractivity contribution in [1.29, 1.82) is 0 Å². The van der Waals surface area contributed by atoms with Gasteiger partial charge in [0, 0.05) is 16.1 Å². The monoisotopic (exact) mass is 446 g/mol. The number of methoxy groups -OCH3 is 1. The fourth-order valence-corrected chi connectivity index (χ4v) is 5.06. The van der Waals surface area contributed by atoms with E-state index in [0.29, 0.717) is 22.2 Å². The first-order chi connectivity index (χ1) is 14.0. The summed E-state index contributed by atoms with van der Waals surface area (Å²) in [5.41, 5.74) is 3.55. The molecule has 9 heteroatoms. The minimum Gasteiger partial charge on any atom is -0.465 e. The maximum absolute atomic E-state index is 12.3. The third kappa shape index (κ3) is 4.44. The summed E-state index contributed by atoms with van der Waals surface area (Å²) in [5, 5.41) is 12.5. The molecule has 1 aliphatic carbocycles. The normalized spacial score (nSPS) is 12.5. The lowest BCUT2D eigenvalue weighted by Crippen LogP contribution is -2.20. The fraction of sp³-hybridized carbons (Fsp3) is 0.250. The topological polar surface area (TPSA) is 68.2 Å². The summed E-state index contributed by atoms with van der Waals surface area (Å²) in [5.74, 6) is -0.328. The lowest BCUT2D eigenvalue weighted by Gasteiger charge is -2.10. The summed E-state index contributed by atoms with van der Waals surface area (Å²) in [7, 11) is 1.40. The highest BCUT2D eigenvalue weighted by Gasteiger charge is 2.27. The molecule has 0 fully saturated rings. The quantitative estimate of drug-likeness (QED) is 0.436. The molecule has 0 atom stereocenters. The van der Waals surface area contributed by atoms with Crippen LogP contribution in [0.4, 0.5) is 10.7 Å². The zero-order chi connectivity index (χ0) is 20.4. The van der Waals surface area contributed by atoms with Crippen LogP contribution in [0.5, 0.6) is 0 Å². The predicted octanol–water partition coefficient (Wildman–Crippen LogP) is 4.73. The van der Waals surface area contributed by atoms with E-state index in [-0.39, 0.29) is 5.97 Å². The van der Waals surface area contributed by atoms with E-state index >= 15 is 0 Å². The number of carbonyl (C=O) groups excluding carboxylic acids is 1. The second-order valence-corrected chi connectivity index (χ2v) is 8.64. The van der Waals surface area contributed by atoms with Gasteiger partial charge in [-0.3, -0.25) is 4.68 Å². The van der Waals surface area contributed by atoms with Gasteiger partial charge < -0.3 is 15.4 Å².